The zero-order valence-electron chi connectivity index (χ0n) is 14.8. The number of rotatable bonds is 5. The molecule has 1 saturated heterocycles. The van der Waals surface area contributed by atoms with Crippen molar-refractivity contribution in [3.05, 3.63) is 40.9 Å². The van der Waals surface area contributed by atoms with Gasteiger partial charge in [-0.15, -0.1) is 0 Å². The fourth-order valence-electron chi connectivity index (χ4n) is 2.24. The number of carbonyl (C=O) groups excluding carboxylic acids is 2. The van der Waals surface area contributed by atoms with E-state index in [0.717, 1.165) is 17.3 Å². The van der Waals surface area contributed by atoms with Crippen molar-refractivity contribution < 1.29 is 18.9 Å². The second-order valence-electron chi connectivity index (χ2n) is 6.87. The molecular weight excluding hydrogens is 323 g/mol. The van der Waals surface area contributed by atoms with E-state index in [1.165, 1.54) is 11.8 Å². The molecule has 0 saturated carbocycles. The first-order valence-electron chi connectivity index (χ1n) is 7.89. The Morgan fingerprint density at radius 2 is 1.58 bits per heavy atom. The minimum absolute atomic E-state index is 0.0497. The van der Waals surface area contributed by atoms with Crippen molar-refractivity contribution in [2.45, 2.75) is 45.8 Å². The van der Waals surface area contributed by atoms with Gasteiger partial charge >= 0.3 is 7.12 Å². The maximum Gasteiger partial charge on any atom is 0.491 e. The van der Waals surface area contributed by atoms with E-state index in [-0.39, 0.29) is 5.12 Å². The zero-order valence-corrected chi connectivity index (χ0v) is 15.6. The molecule has 0 atom stereocenters. The molecule has 0 amide bonds. The fraction of sp³-hybridized carbons (Fsp3) is 0.444. The van der Waals surface area contributed by atoms with Gasteiger partial charge in [-0.1, -0.05) is 42.1 Å². The van der Waals surface area contributed by atoms with Crippen molar-refractivity contribution in [1.29, 1.82) is 0 Å². The van der Waals surface area contributed by atoms with Gasteiger partial charge in [-0.25, -0.2) is 0 Å². The summed E-state index contributed by atoms with van der Waals surface area (Å²) in [5.41, 5.74) is 1.60. The van der Waals surface area contributed by atoms with Crippen molar-refractivity contribution in [3.63, 3.8) is 0 Å². The van der Waals surface area contributed by atoms with E-state index in [0.29, 0.717) is 11.3 Å². The van der Waals surface area contributed by atoms with Crippen molar-refractivity contribution in [3.8, 4) is 0 Å². The third-order valence-corrected chi connectivity index (χ3v) is 5.31. The Hall–Kier alpha value is -1.37. The Morgan fingerprint density at radius 1 is 1.08 bits per heavy atom. The lowest BCUT2D eigenvalue weighted by molar-refractivity contribution is -0.109. The molecule has 1 aromatic rings. The number of benzene rings is 1. The predicted octanol–water partition coefficient (Wildman–Crippen LogP) is 3.79. The van der Waals surface area contributed by atoms with Crippen LogP contribution in [0.15, 0.2) is 29.7 Å². The lowest BCUT2D eigenvalue weighted by atomic mass is 9.78. The van der Waals surface area contributed by atoms with Crippen LogP contribution in [0.25, 0.3) is 6.08 Å². The predicted molar refractivity (Wildman–Crippen MR) is 99.0 cm³/mol. The summed E-state index contributed by atoms with van der Waals surface area (Å²) >= 11 is 1.23. The Kier molecular flexibility index (Phi) is 5.73. The highest BCUT2D eigenvalue weighted by atomic mass is 32.2. The van der Waals surface area contributed by atoms with E-state index in [2.05, 4.69) is 0 Å². The average molecular weight is 346 g/mol. The molecule has 0 aromatic heterocycles. The largest absolute Gasteiger partial charge is 0.491 e. The SMILES string of the molecule is CC(=O)SCC(=Cc1ccc(C=O)cc1)B1OC(C)(C)C(C)(C)O1. The normalized spacial score (nSPS) is 19.4. The Morgan fingerprint density at radius 3 is 2.04 bits per heavy atom. The molecular formula is C18H23BO4S. The molecule has 1 aliphatic rings. The summed E-state index contributed by atoms with van der Waals surface area (Å²) in [5.74, 6) is 0.502. The van der Waals surface area contributed by atoms with Crippen molar-refractivity contribution >= 4 is 36.4 Å². The first kappa shape index (κ1) is 19.0. The van der Waals surface area contributed by atoms with Gasteiger partial charge in [-0.3, -0.25) is 9.59 Å². The van der Waals surface area contributed by atoms with E-state index >= 15 is 0 Å². The molecule has 1 heterocycles. The van der Waals surface area contributed by atoms with Crippen LogP contribution in [0.5, 0.6) is 0 Å². The average Bonchev–Trinajstić information content (AvgIpc) is 2.72. The number of thioether (sulfide) groups is 1. The molecule has 0 N–H and O–H groups in total. The second-order valence-corrected chi connectivity index (χ2v) is 8.02. The molecule has 6 heteroatoms. The van der Waals surface area contributed by atoms with Crippen LogP contribution in [0.3, 0.4) is 0 Å². The summed E-state index contributed by atoms with van der Waals surface area (Å²) in [7, 11) is -0.493. The first-order valence-corrected chi connectivity index (χ1v) is 8.88. The summed E-state index contributed by atoms with van der Waals surface area (Å²) < 4.78 is 12.2. The van der Waals surface area contributed by atoms with Gasteiger partial charge < -0.3 is 9.31 Å². The van der Waals surface area contributed by atoms with Crippen molar-refractivity contribution in [2.24, 2.45) is 0 Å². The van der Waals surface area contributed by atoms with Crippen LogP contribution in [0, 0.1) is 0 Å². The molecule has 128 valence electrons. The summed E-state index contributed by atoms with van der Waals surface area (Å²) in [4.78, 5) is 22.1. The topological polar surface area (TPSA) is 52.6 Å². The molecule has 0 radical (unpaired) electrons. The van der Waals surface area contributed by atoms with E-state index in [1.807, 2.05) is 45.9 Å². The molecule has 0 unspecified atom stereocenters. The minimum atomic E-state index is -0.493. The van der Waals surface area contributed by atoms with E-state index in [4.69, 9.17) is 9.31 Å². The molecule has 4 nitrogen and oxygen atoms in total. The lowest BCUT2D eigenvalue weighted by Crippen LogP contribution is -2.41. The third-order valence-electron chi connectivity index (χ3n) is 4.42. The minimum Gasteiger partial charge on any atom is -0.400 e. The molecule has 24 heavy (non-hydrogen) atoms. The highest BCUT2D eigenvalue weighted by molar-refractivity contribution is 8.13. The molecule has 0 bridgehead atoms. The monoisotopic (exact) mass is 346 g/mol. The van der Waals surface area contributed by atoms with Crippen LogP contribution < -0.4 is 0 Å². The van der Waals surface area contributed by atoms with Gasteiger partial charge in [-0.2, -0.15) is 0 Å². The quantitative estimate of drug-likeness (QED) is 0.600. The first-order chi connectivity index (χ1) is 11.1. The number of hydrogen-bond acceptors (Lipinski definition) is 5. The van der Waals surface area contributed by atoms with Gasteiger partial charge in [0.2, 0.25) is 0 Å². The highest BCUT2D eigenvalue weighted by Crippen LogP contribution is 2.39. The Bertz CT molecular complexity index is 633. The number of carbonyl (C=O) groups is 2. The van der Waals surface area contributed by atoms with Crippen molar-refractivity contribution in [2.75, 3.05) is 5.75 Å². The van der Waals surface area contributed by atoms with Crippen LogP contribution in [-0.4, -0.2) is 35.5 Å². The van der Waals surface area contributed by atoms with Gasteiger partial charge in [0, 0.05) is 18.2 Å². The number of hydrogen-bond donors (Lipinski definition) is 0. The van der Waals surface area contributed by atoms with Gasteiger partial charge in [0.1, 0.15) is 6.29 Å². The summed E-state index contributed by atoms with van der Waals surface area (Å²) in [6, 6.07) is 7.26. The van der Waals surface area contributed by atoms with Crippen LogP contribution in [0.1, 0.15) is 50.5 Å². The van der Waals surface area contributed by atoms with Gasteiger partial charge in [-0.05, 0) is 38.7 Å². The molecule has 1 fully saturated rings. The van der Waals surface area contributed by atoms with Crippen LogP contribution in [0.2, 0.25) is 0 Å². The van der Waals surface area contributed by atoms with Crippen LogP contribution in [-0.2, 0) is 14.1 Å². The fourth-order valence-corrected chi connectivity index (χ4v) is 2.83. The van der Waals surface area contributed by atoms with Gasteiger partial charge in [0.25, 0.3) is 0 Å². The van der Waals surface area contributed by atoms with Crippen LogP contribution >= 0.6 is 11.8 Å². The molecule has 0 aliphatic carbocycles. The zero-order chi connectivity index (χ0) is 18.0. The molecule has 1 aromatic carbocycles. The Balaban J connectivity index is 2.29. The van der Waals surface area contributed by atoms with E-state index < -0.39 is 18.3 Å². The lowest BCUT2D eigenvalue weighted by Gasteiger charge is -2.32. The molecule has 2 rings (SSSR count). The highest BCUT2D eigenvalue weighted by Gasteiger charge is 2.52. The summed E-state index contributed by atoms with van der Waals surface area (Å²) in [6.45, 7) is 9.55. The maximum atomic E-state index is 11.4. The Labute approximate surface area is 148 Å². The summed E-state index contributed by atoms with van der Waals surface area (Å²) in [6.07, 6.45) is 2.78. The molecule has 0 spiro atoms. The smallest absolute Gasteiger partial charge is 0.400 e. The third kappa shape index (κ3) is 4.38. The number of aldehydes is 1. The molecule has 1 aliphatic heterocycles. The second kappa shape index (κ2) is 7.25. The summed E-state index contributed by atoms with van der Waals surface area (Å²) in [5, 5.41) is 0.0497. The van der Waals surface area contributed by atoms with Gasteiger partial charge in [0.05, 0.1) is 11.2 Å². The standard InChI is InChI=1S/C18H23BO4S/c1-13(21)24-12-16(10-14-6-8-15(11-20)9-7-14)19-22-17(2,3)18(4,5)23-19/h6-11H,12H2,1-5H3. The van der Waals surface area contributed by atoms with Gasteiger partial charge in [0.15, 0.2) is 5.12 Å². The maximum absolute atomic E-state index is 11.4. The van der Waals surface area contributed by atoms with Crippen molar-refractivity contribution in [1.82, 2.24) is 0 Å². The van der Waals surface area contributed by atoms with E-state index in [9.17, 15) is 9.59 Å². The van der Waals surface area contributed by atoms with Crippen LogP contribution in [0.4, 0.5) is 0 Å². The van der Waals surface area contributed by atoms with E-state index in [1.54, 1.807) is 19.1 Å².